The molecule has 82 valence electrons. The van der Waals surface area contributed by atoms with E-state index in [0.29, 0.717) is 18.5 Å². The highest BCUT2D eigenvalue weighted by molar-refractivity contribution is 5.99. The molecule has 1 fully saturated rings. The number of amides is 1. The van der Waals surface area contributed by atoms with Crippen LogP contribution in [0.15, 0.2) is 12.1 Å². The summed E-state index contributed by atoms with van der Waals surface area (Å²) in [4.78, 5) is 16.1. The Bertz CT molecular complexity index is 484. The van der Waals surface area contributed by atoms with E-state index in [-0.39, 0.29) is 5.91 Å². The van der Waals surface area contributed by atoms with Crippen LogP contribution in [-0.4, -0.2) is 10.9 Å². The maximum absolute atomic E-state index is 11.8. The lowest BCUT2D eigenvalue weighted by Crippen LogP contribution is -2.23. The van der Waals surface area contributed by atoms with Gasteiger partial charge in [-0.25, -0.2) is 0 Å². The highest BCUT2D eigenvalue weighted by Gasteiger charge is 2.50. The zero-order valence-corrected chi connectivity index (χ0v) is 9.37. The van der Waals surface area contributed by atoms with Crippen molar-refractivity contribution in [2.45, 2.75) is 26.7 Å². The molecule has 1 heterocycles. The number of carbonyl (C=O) groups is 1. The van der Waals surface area contributed by atoms with Crippen LogP contribution in [0.3, 0.4) is 0 Å². The van der Waals surface area contributed by atoms with Crippen LogP contribution in [0.5, 0.6) is 0 Å². The van der Waals surface area contributed by atoms with Crippen LogP contribution in [0.1, 0.15) is 24.2 Å². The highest BCUT2D eigenvalue weighted by Crippen LogP contribution is 2.45. The summed E-state index contributed by atoms with van der Waals surface area (Å²) >= 11 is 0. The van der Waals surface area contributed by atoms with E-state index in [1.54, 1.807) is 0 Å². The van der Waals surface area contributed by atoms with Crippen molar-refractivity contribution in [3.05, 3.63) is 23.5 Å². The van der Waals surface area contributed by atoms with Gasteiger partial charge in [-0.05, 0) is 38.8 Å². The first-order chi connectivity index (χ1) is 7.57. The second kappa shape index (κ2) is 3.60. The molecule has 4 heteroatoms. The average Bonchev–Trinajstić information content (AvgIpc) is 3.03. The number of aryl methyl sites for hydroxylation is 2. The van der Waals surface area contributed by atoms with Gasteiger partial charge in [-0.3, -0.25) is 9.78 Å². The fourth-order valence-electron chi connectivity index (χ4n) is 1.58. The van der Waals surface area contributed by atoms with Gasteiger partial charge in [0.1, 0.15) is 5.41 Å². The van der Waals surface area contributed by atoms with E-state index >= 15 is 0 Å². The number of carbonyl (C=O) groups excluding carboxylic acids is 1. The standard InChI is InChI=1S/C12H13N3O/c1-8-3-4-10(9(2)14-8)15-11(16)12(7-13)5-6-12/h3-4H,5-6H2,1-2H3,(H,15,16). The topological polar surface area (TPSA) is 65.8 Å². The van der Waals surface area contributed by atoms with Crippen molar-refractivity contribution < 1.29 is 4.79 Å². The zero-order chi connectivity index (χ0) is 11.8. The maximum atomic E-state index is 11.8. The third-order valence-electron chi connectivity index (χ3n) is 2.87. The molecule has 0 aliphatic heterocycles. The molecule has 16 heavy (non-hydrogen) atoms. The Morgan fingerprint density at radius 2 is 2.19 bits per heavy atom. The zero-order valence-electron chi connectivity index (χ0n) is 9.37. The van der Waals surface area contributed by atoms with Crippen LogP contribution in [0.4, 0.5) is 5.69 Å². The highest BCUT2D eigenvalue weighted by atomic mass is 16.2. The Kier molecular flexibility index (Phi) is 2.39. The minimum atomic E-state index is -0.780. The summed E-state index contributed by atoms with van der Waals surface area (Å²) in [5, 5.41) is 11.7. The van der Waals surface area contributed by atoms with Crippen LogP contribution < -0.4 is 5.32 Å². The van der Waals surface area contributed by atoms with E-state index in [1.165, 1.54) is 0 Å². The van der Waals surface area contributed by atoms with Crippen molar-refractivity contribution in [2.75, 3.05) is 5.32 Å². The Labute approximate surface area is 94.3 Å². The lowest BCUT2D eigenvalue weighted by Gasteiger charge is -2.10. The Hall–Kier alpha value is -1.89. The van der Waals surface area contributed by atoms with Crippen molar-refractivity contribution in [1.29, 1.82) is 5.26 Å². The van der Waals surface area contributed by atoms with Gasteiger partial charge in [-0.1, -0.05) is 0 Å². The summed E-state index contributed by atoms with van der Waals surface area (Å²) in [5.41, 5.74) is 1.60. The normalized spacial score (nSPS) is 16.3. The molecule has 1 aromatic heterocycles. The van der Waals surface area contributed by atoms with Gasteiger partial charge in [0.15, 0.2) is 0 Å². The van der Waals surface area contributed by atoms with E-state index in [9.17, 15) is 4.79 Å². The molecular formula is C12H13N3O. The van der Waals surface area contributed by atoms with Crippen LogP contribution in [0.25, 0.3) is 0 Å². The lowest BCUT2D eigenvalue weighted by molar-refractivity contribution is -0.119. The van der Waals surface area contributed by atoms with Gasteiger partial charge in [-0.15, -0.1) is 0 Å². The van der Waals surface area contributed by atoms with Crippen LogP contribution in [0.2, 0.25) is 0 Å². The number of hydrogen-bond acceptors (Lipinski definition) is 3. The quantitative estimate of drug-likeness (QED) is 0.819. The van der Waals surface area contributed by atoms with Crippen LogP contribution in [-0.2, 0) is 4.79 Å². The van der Waals surface area contributed by atoms with Crippen molar-refractivity contribution in [3.8, 4) is 6.07 Å². The molecule has 0 bridgehead atoms. The molecule has 4 nitrogen and oxygen atoms in total. The number of nitrogens with zero attached hydrogens (tertiary/aromatic N) is 2. The van der Waals surface area contributed by atoms with Crippen LogP contribution >= 0.6 is 0 Å². The van der Waals surface area contributed by atoms with E-state index < -0.39 is 5.41 Å². The van der Waals surface area contributed by atoms with E-state index in [0.717, 1.165) is 11.4 Å². The van der Waals surface area contributed by atoms with Gasteiger partial charge in [0.05, 0.1) is 17.5 Å². The molecule has 1 N–H and O–H groups in total. The molecule has 0 spiro atoms. The molecule has 0 aromatic carbocycles. The molecule has 1 aromatic rings. The molecule has 2 rings (SSSR count). The molecule has 1 saturated carbocycles. The number of pyridine rings is 1. The first-order valence-electron chi connectivity index (χ1n) is 5.24. The summed E-state index contributed by atoms with van der Waals surface area (Å²) in [6.45, 7) is 3.74. The van der Waals surface area contributed by atoms with Crippen molar-refractivity contribution in [2.24, 2.45) is 5.41 Å². The molecule has 1 aliphatic rings. The number of nitrogens with one attached hydrogen (secondary N) is 1. The first kappa shape index (κ1) is 10.6. The number of nitriles is 1. The summed E-state index contributed by atoms with van der Waals surface area (Å²) in [7, 11) is 0. The van der Waals surface area contributed by atoms with Crippen molar-refractivity contribution in [3.63, 3.8) is 0 Å². The van der Waals surface area contributed by atoms with Gasteiger partial charge in [-0.2, -0.15) is 5.26 Å². The molecule has 0 unspecified atom stereocenters. The third-order valence-corrected chi connectivity index (χ3v) is 2.87. The smallest absolute Gasteiger partial charge is 0.244 e. The summed E-state index contributed by atoms with van der Waals surface area (Å²) in [6, 6.07) is 5.74. The van der Waals surface area contributed by atoms with Gasteiger partial charge >= 0.3 is 0 Å². The van der Waals surface area contributed by atoms with E-state index in [4.69, 9.17) is 5.26 Å². The number of hydrogen-bond donors (Lipinski definition) is 1. The summed E-state index contributed by atoms with van der Waals surface area (Å²) in [5.74, 6) is -0.205. The lowest BCUT2D eigenvalue weighted by atomic mass is 10.1. The Morgan fingerprint density at radius 3 is 2.69 bits per heavy atom. The second-order valence-corrected chi connectivity index (χ2v) is 4.23. The van der Waals surface area contributed by atoms with Gasteiger partial charge in [0, 0.05) is 5.69 Å². The largest absolute Gasteiger partial charge is 0.323 e. The predicted molar refractivity (Wildman–Crippen MR) is 59.6 cm³/mol. The molecular weight excluding hydrogens is 202 g/mol. The molecule has 1 aliphatic carbocycles. The molecule has 0 atom stereocenters. The van der Waals surface area contributed by atoms with E-state index in [2.05, 4.69) is 16.4 Å². The SMILES string of the molecule is Cc1ccc(NC(=O)C2(C#N)CC2)c(C)n1. The summed E-state index contributed by atoms with van der Waals surface area (Å²) in [6.07, 6.45) is 1.32. The summed E-state index contributed by atoms with van der Waals surface area (Å²) < 4.78 is 0. The maximum Gasteiger partial charge on any atom is 0.244 e. The van der Waals surface area contributed by atoms with Crippen LogP contribution in [0, 0.1) is 30.6 Å². The van der Waals surface area contributed by atoms with Crippen molar-refractivity contribution in [1.82, 2.24) is 4.98 Å². The number of aromatic nitrogens is 1. The van der Waals surface area contributed by atoms with Crippen molar-refractivity contribution >= 4 is 11.6 Å². The fraction of sp³-hybridized carbons (Fsp3) is 0.417. The minimum absolute atomic E-state index is 0.205. The fourth-order valence-corrected chi connectivity index (χ4v) is 1.58. The Morgan fingerprint density at radius 1 is 1.50 bits per heavy atom. The van der Waals surface area contributed by atoms with E-state index in [1.807, 2.05) is 26.0 Å². The molecule has 0 saturated heterocycles. The Balaban J connectivity index is 2.16. The molecule has 0 radical (unpaired) electrons. The first-order valence-corrected chi connectivity index (χ1v) is 5.24. The van der Waals surface area contributed by atoms with Gasteiger partial charge in [0.25, 0.3) is 0 Å². The molecule has 1 amide bonds. The predicted octanol–water partition coefficient (Wildman–Crippen LogP) is 1.94. The van der Waals surface area contributed by atoms with Gasteiger partial charge in [0.2, 0.25) is 5.91 Å². The number of rotatable bonds is 2. The number of anilines is 1. The van der Waals surface area contributed by atoms with Gasteiger partial charge < -0.3 is 5.32 Å². The second-order valence-electron chi connectivity index (χ2n) is 4.23. The average molecular weight is 215 g/mol. The monoisotopic (exact) mass is 215 g/mol. The third kappa shape index (κ3) is 1.76. The minimum Gasteiger partial charge on any atom is -0.323 e.